The molecule has 2 aromatic heterocycles. The smallest absolute Gasteiger partial charge is 0.186 e. The molecule has 21 heavy (non-hydrogen) atoms. The van der Waals surface area contributed by atoms with Crippen LogP contribution < -0.4 is 0 Å². The van der Waals surface area contributed by atoms with Gasteiger partial charge < -0.3 is 0 Å². The summed E-state index contributed by atoms with van der Waals surface area (Å²) in [6.45, 7) is 0. The van der Waals surface area contributed by atoms with Crippen LogP contribution in [0.5, 0.6) is 0 Å². The number of aromatic nitrogens is 4. The zero-order valence-electron chi connectivity index (χ0n) is 12.0. The maximum Gasteiger partial charge on any atom is 0.186 e. The molecule has 0 aliphatic carbocycles. The fraction of sp³-hybridized carbons (Fsp3) is 0.267. The van der Waals surface area contributed by atoms with Crippen LogP contribution in [0, 0.1) is 0 Å². The summed E-state index contributed by atoms with van der Waals surface area (Å²) in [6.07, 6.45) is 11.2. The van der Waals surface area contributed by atoms with Crippen LogP contribution in [0.25, 0.3) is 12.2 Å². The third kappa shape index (κ3) is 3.16. The number of hydrogen-bond donors (Lipinski definition) is 0. The molecule has 0 atom stereocenters. The molecule has 0 amide bonds. The lowest BCUT2D eigenvalue weighted by Crippen LogP contribution is -2.15. The predicted molar refractivity (Wildman–Crippen MR) is 84.7 cm³/mol. The molecule has 0 saturated carbocycles. The van der Waals surface area contributed by atoms with Crippen LogP contribution >= 0.6 is 11.8 Å². The van der Waals surface area contributed by atoms with E-state index in [1.807, 2.05) is 38.6 Å². The predicted octanol–water partition coefficient (Wildman–Crippen LogP) is 1.94. The highest BCUT2D eigenvalue weighted by molar-refractivity contribution is 7.99. The van der Waals surface area contributed by atoms with Gasteiger partial charge in [0.05, 0.1) is 12.4 Å². The first-order chi connectivity index (χ1) is 10.1. The lowest BCUT2D eigenvalue weighted by Gasteiger charge is -2.15. The summed E-state index contributed by atoms with van der Waals surface area (Å²) < 4.78 is 3.47. The van der Waals surface area contributed by atoms with Crippen molar-refractivity contribution in [2.75, 3.05) is 11.5 Å². The van der Waals surface area contributed by atoms with Gasteiger partial charge in [0, 0.05) is 60.3 Å². The van der Waals surface area contributed by atoms with E-state index in [-0.39, 0.29) is 5.78 Å². The highest BCUT2D eigenvalue weighted by Gasteiger charge is 2.21. The molecule has 1 saturated heterocycles. The van der Waals surface area contributed by atoms with Crippen molar-refractivity contribution in [2.24, 2.45) is 14.1 Å². The van der Waals surface area contributed by atoms with E-state index < -0.39 is 0 Å². The topological polar surface area (TPSA) is 52.7 Å². The van der Waals surface area contributed by atoms with Gasteiger partial charge >= 0.3 is 0 Å². The van der Waals surface area contributed by atoms with Crippen molar-refractivity contribution in [3.05, 3.63) is 47.1 Å². The number of Topliss-reactive ketones (excluding diaryl/α,β-unsaturated/α-hetero) is 1. The molecule has 1 fully saturated rings. The average Bonchev–Trinajstić information content (AvgIpc) is 3.03. The van der Waals surface area contributed by atoms with Gasteiger partial charge in [0.1, 0.15) is 0 Å². The SMILES string of the molecule is Cn1cc(/C=C2\CSC/C(=C/c3cnn(C)c3)C2=O)cn1. The second kappa shape index (κ2) is 5.73. The normalized spacial score (nSPS) is 19.6. The van der Waals surface area contributed by atoms with E-state index in [9.17, 15) is 4.79 Å². The van der Waals surface area contributed by atoms with Crippen LogP contribution in [0.3, 0.4) is 0 Å². The Bertz CT molecular complexity index is 678. The van der Waals surface area contributed by atoms with E-state index in [4.69, 9.17) is 0 Å². The molecule has 1 aliphatic rings. The molecule has 0 bridgehead atoms. The fourth-order valence-electron chi connectivity index (χ4n) is 2.25. The summed E-state index contributed by atoms with van der Waals surface area (Å²) in [5, 5.41) is 8.25. The second-order valence-electron chi connectivity index (χ2n) is 5.06. The van der Waals surface area contributed by atoms with Gasteiger partial charge in [-0.05, 0) is 12.2 Å². The third-order valence-corrected chi connectivity index (χ3v) is 4.26. The van der Waals surface area contributed by atoms with Crippen molar-refractivity contribution in [3.8, 4) is 0 Å². The molecule has 3 heterocycles. The Balaban J connectivity index is 1.87. The molecular formula is C15H16N4OS. The Kier molecular flexibility index (Phi) is 3.79. The largest absolute Gasteiger partial charge is 0.289 e. The molecule has 0 radical (unpaired) electrons. The van der Waals surface area contributed by atoms with E-state index in [1.54, 1.807) is 33.5 Å². The van der Waals surface area contributed by atoms with Crippen molar-refractivity contribution >= 4 is 29.7 Å². The monoisotopic (exact) mass is 300 g/mol. The van der Waals surface area contributed by atoms with E-state index in [0.717, 1.165) is 33.8 Å². The van der Waals surface area contributed by atoms with E-state index in [1.165, 1.54) is 0 Å². The molecule has 108 valence electrons. The first-order valence-electron chi connectivity index (χ1n) is 6.63. The molecule has 1 aliphatic heterocycles. The molecule has 6 heteroatoms. The summed E-state index contributed by atoms with van der Waals surface area (Å²) in [6, 6.07) is 0. The summed E-state index contributed by atoms with van der Waals surface area (Å²) in [7, 11) is 3.74. The minimum atomic E-state index is 0.126. The lowest BCUT2D eigenvalue weighted by molar-refractivity contribution is -0.112. The Morgan fingerprint density at radius 3 is 1.86 bits per heavy atom. The minimum Gasteiger partial charge on any atom is -0.289 e. The van der Waals surface area contributed by atoms with Crippen LogP contribution in [0.1, 0.15) is 11.1 Å². The maximum atomic E-state index is 12.5. The lowest BCUT2D eigenvalue weighted by atomic mass is 10.0. The van der Waals surface area contributed by atoms with Crippen LogP contribution in [-0.4, -0.2) is 36.8 Å². The number of carbonyl (C=O) groups is 1. The molecule has 2 aromatic rings. The molecule has 0 N–H and O–H groups in total. The van der Waals surface area contributed by atoms with Gasteiger partial charge in [-0.1, -0.05) is 0 Å². The van der Waals surface area contributed by atoms with Crippen LogP contribution in [-0.2, 0) is 18.9 Å². The van der Waals surface area contributed by atoms with Crippen molar-refractivity contribution in [3.63, 3.8) is 0 Å². The molecular weight excluding hydrogens is 284 g/mol. The van der Waals surface area contributed by atoms with Crippen LogP contribution in [0.15, 0.2) is 35.9 Å². The Hall–Kier alpha value is -2.08. The van der Waals surface area contributed by atoms with E-state index in [2.05, 4.69) is 10.2 Å². The number of aryl methyl sites for hydroxylation is 2. The fourth-order valence-corrected chi connectivity index (χ4v) is 3.23. The quantitative estimate of drug-likeness (QED) is 0.795. The highest BCUT2D eigenvalue weighted by atomic mass is 32.2. The Labute approximate surface area is 127 Å². The van der Waals surface area contributed by atoms with E-state index in [0.29, 0.717) is 0 Å². The van der Waals surface area contributed by atoms with Gasteiger partial charge in [0.2, 0.25) is 0 Å². The molecule has 3 rings (SSSR count). The van der Waals surface area contributed by atoms with Crippen molar-refractivity contribution in [1.29, 1.82) is 0 Å². The zero-order valence-corrected chi connectivity index (χ0v) is 12.8. The van der Waals surface area contributed by atoms with Gasteiger partial charge in [0.15, 0.2) is 5.78 Å². The number of hydrogen-bond acceptors (Lipinski definition) is 4. The summed E-state index contributed by atoms with van der Waals surface area (Å²) in [5.74, 6) is 1.62. The number of rotatable bonds is 2. The van der Waals surface area contributed by atoms with Crippen molar-refractivity contribution in [2.45, 2.75) is 0 Å². The molecule has 0 unspecified atom stereocenters. The Morgan fingerprint density at radius 2 is 1.48 bits per heavy atom. The van der Waals surface area contributed by atoms with Crippen LogP contribution in [0.2, 0.25) is 0 Å². The summed E-state index contributed by atoms with van der Waals surface area (Å²) in [4.78, 5) is 12.5. The van der Waals surface area contributed by atoms with Crippen molar-refractivity contribution < 1.29 is 4.79 Å². The standard InChI is InChI=1S/C15H16N4OS/c1-18-7-11(5-16-18)3-13-9-21-10-14(15(13)20)4-12-6-17-19(2)8-12/h3-8H,9-10H2,1-2H3/b13-3-,14-4+. The first kappa shape index (κ1) is 13.9. The molecule has 0 aromatic carbocycles. The summed E-state index contributed by atoms with van der Waals surface area (Å²) in [5.41, 5.74) is 3.58. The van der Waals surface area contributed by atoms with Crippen molar-refractivity contribution in [1.82, 2.24) is 19.6 Å². The van der Waals surface area contributed by atoms with Gasteiger partial charge in [-0.3, -0.25) is 14.2 Å². The van der Waals surface area contributed by atoms with Gasteiger partial charge in [-0.15, -0.1) is 0 Å². The number of thioether (sulfide) groups is 1. The average molecular weight is 300 g/mol. The number of nitrogens with zero attached hydrogens (tertiary/aromatic N) is 4. The third-order valence-electron chi connectivity index (χ3n) is 3.23. The number of ketones is 1. The maximum absolute atomic E-state index is 12.5. The second-order valence-corrected chi connectivity index (χ2v) is 6.04. The van der Waals surface area contributed by atoms with Gasteiger partial charge in [-0.25, -0.2) is 0 Å². The zero-order chi connectivity index (χ0) is 14.8. The van der Waals surface area contributed by atoms with E-state index >= 15 is 0 Å². The highest BCUT2D eigenvalue weighted by Crippen LogP contribution is 2.26. The van der Waals surface area contributed by atoms with Crippen LogP contribution in [0.4, 0.5) is 0 Å². The number of carbonyl (C=O) groups excluding carboxylic acids is 1. The minimum absolute atomic E-state index is 0.126. The molecule has 0 spiro atoms. The molecule has 5 nitrogen and oxygen atoms in total. The summed E-state index contributed by atoms with van der Waals surface area (Å²) >= 11 is 1.76. The van der Waals surface area contributed by atoms with Gasteiger partial charge in [0.25, 0.3) is 0 Å². The first-order valence-corrected chi connectivity index (χ1v) is 7.78. The van der Waals surface area contributed by atoms with Gasteiger partial charge in [-0.2, -0.15) is 22.0 Å². The Morgan fingerprint density at radius 1 is 1.00 bits per heavy atom.